The van der Waals surface area contributed by atoms with Gasteiger partial charge in [-0.2, -0.15) is 0 Å². The van der Waals surface area contributed by atoms with Gasteiger partial charge in [0, 0.05) is 5.39 Å². The van der Waals surface area contributed by atoms with Crippen LogP contribution in [-0.4, -0.2) is 33.5 Å². The minimum Gasteiger partial charge on any atom is -0.345 e. The van der Waals surface area contributed by atoms with Crippen molar-refractivity contribution in [1.82, 2.24) is 15.3 Å². The van der Waals surface area contributed by atoms with Crippen LogP contribution in [0.4, 0.5) is 0 Å². The zero-order valence-electron chi connectivity index (χ0n) is 14.4. The highest BCUT2D eigenvalue weighted by Gasteiger charge is 2.18. The number of aromatic nitrogens is 2. The van der Waals surface area contributed by atoms with Crippen LogP contribution in [0.5, 0.6) is 0 Å². The third-order valence-electron chi connectivity index (χ3n) is 3.95. The summed E-state index contributed by atoms with van der Waals surface area (Å²) in [4.78, 5) is 32.7. The predicted octanol–water partition coefficient (Wildman–Crippen LogP) is 3.04. The van der Waals surface area contributed by atoms with Gasteiger partial charge in [0.25, 0.3) is 0 Å². The predicted molar refractivity (Wildman–Crippen MR) is 103 cm³/mol. The molecule has 3 rings (SSSR count). The summed E-state index contributed by atoms with van der Waals surface area (Å²) in [5, 5.41) is 4.50. The SMILES string of the molecule is CC(=O)[C@@H](Cc1ccccc1)NC(=O)CSc1ncnc2ccccc12. The minimum atomic E-state index is -0.521. The van der Waals surface area contributed by atoms with Gasteiger partial charge in [-0.1, -0.05) is 60.3 Å². The second kappa shape index (κ2) is 8.58. The first-order valence-corrected chi connectivity index (χ1v) is 9.28. The molecule has 0 saturated heterocycles. The maximum Gasteiger partial charge on any atom is 0.231 e. The lowest BCUT2D eigenvalue weighted by Gasteiger charge is -2.16. The van der Waals surface area contributed by atoms with Crippen molar-refractivity contribution >= 4 is 34.4 Å². The molecule has 1 atom stereocenters. The Morgan fingerprint density at radius 2 is 1.77 bits per heavy atom. The number of Topliss-reactive ketones (excluding diaryl/α,β-unsaturated/α-hetero) is 1. The van der Waals surface area contributed by atoms with Gasteiger partial charge in [0.2, 0.25) is 5.91 Å². The number of nitrogens with zero attached hydrogens (tertiary/aromatic N) is 2. The van der Waals surface area contributed by atoms with Crippen molar-refractivity contribution in [3.63, 3.8) is 0 Å². The van der Waals surface area contributed by atoms with Gasteiger partial charge in [-0.15, -0.1) is 0 Å². The van der Waals surface area contributed by atoms with E-state index in [9.17, 15) is 9.59 Å². The fraction of sp³-hybridized carbons (Fsp3) is 0.200. The highest BCUT2D eigenvalue weighted by atomic mass is 32.2. The monoisotopic (exact) mass is 365 g/mol. The second-order valence-corrected chi connectivity index (χ2v) is 6.87. The molecule has 0 fully saturated rings. The third-order valence-corrected chi connectivity index (χ3v) is 4.96. The maximum absolute atomic E-state index is 12.3. The lowest BCUT2D eigenvalue weighted by atomic mass is 10.0. The summed E-state index contributed by atoms with van der Waals surface area (Å²) < 4.78 is 0. The van der Waals surface area contributed by atoms with Crippen molar-refractivity contribution in [3.05, 3.63) is 66.5 Å². The molecule has 0 aliphatic heterocycles. The highest BCUT2D eigenvalue weighted by Crippen LogP contribution is 2.23. The van der Waals surface area contributed by atoms with E-state index in [1.807, 2.05) is 54.6 Å². The average molecular weight is 365 g/mol. The van der Waals surface area contributed by atoms with Gasteiger partial charge in [0.15, 0.2) is 5.78 Å². The average Bonchev–Trinajstić information content (AvgIpc) is 2.66. The van der Waals surface area contributed by atoms with Crippen LogP contribution in [0.3, 0.4) is 0 Å². The first kappa shape index (κ1) is 18.1. The van der Waals surface area contributed by atoms with E-state index >= 15 is 0 Å². The number of amides is 1. The number of thioether (sulfide) groups is 1. The molecule has 0 spiro atoms. The number of rotatable bonds is 7. The van der Waals surface area contributed by atoms with Crippen LogP contribution >= 0.6 is 11.8 Å². The molecule has 26 heavy (non-hydrogen) atoms. The number of hydrogen-bond donors (Lipinski definition) is 1. The molecule has 2 aromatic carbocycles. The van der Waals surface area contributed by atoms with Crippen LogP contribution in [0.2, 0.25) is 0 Å². The van der Waals surface area contributed by atoms with Crippen molar-refractivity contribution in [1.29, 1.82) is 0 Å². The summed E-state index contributed by atoms with van der Waals surface area (Å²) in [5.41, 5.74) is 1.86. The van der Waals surface area contributed by atoms with Gasteiger partial charge >= 0.3 is 0 Å². The fourth-order valence-electron chi connectivity index (χ4n) is 2.61. The van der Waals surface area contributed by atoms with Gasteiger partial charge in [0.05, 0.1) is 17.3 Å². The summed E-state index contributed by atoms with van der Waals surface area (Å²) in [6.45, 7) is 1.50. The van der Waals surface area contributed by atoms with Gasteiger partial charge in [-0.25, -0.2) is 9.97 Å². The van der Waals surface area contributed by atoms with E-state index < -0.39 is 6.04 Å². The molecule has 1 N–H and O–H groups in total. The normalized spacial score (nSPS) is 11.9. The summed E-state index contributed by atoms with van der Waals surface area (Å²) >= 11 is 1.34. The molecule has 1 heterocycles. The first-order chi connectivity index (χ1) is 12.6. The van der Waals surface area contributed by atoms with Crippen LogP contribution in [0.15, 0.2) is 66.0 Å². The number of carbonyl (C=O) groups is 2. The van der Waals surface area contributed by atoms with Crippen LogP contribution in [0.25, 0.3) is 10.9 Å². The van der Waals surface area contributed by atoms with Gasteiger partial charge in [-0.05, 0) is 25.0 Å². The maximum atomic E-state index is 12.3. The van der Waals surface area contributed by atoms with E-state index in [0.717, 1.165) is 21.5 Å². The molecule has 0 aliphatic rings. The van der Waals surface area contributed by atoms with Gasteiger partial charge < -0.3 is 5.32 Å². The molecular formula is C20H19N3O2S. The summed E-state index contributed by atoms with van der Waals surface area (Å²) in [7, 11) is 0. The number of fused-ring (bicyclic) bond motifs is 1. The van der Waals surface area contributed by atoms with E-state index in [0.29, 0.717) is 6.42 Å². The molecule has 1 amide bonds. The molecule has 3 aromatic rings. The van der Waals surface area contributed by atoms with Crippen LogP contribution in [-0.2, 0) is 16.0 Å². The molecule has 0 radical (unpaired) electrons. The third kappa shape index (κ3) is 4.67. The van der Waals surface area contributed by atoms with E-state index in [1.54, 1.807) is 0 Å². The number of carbonyl (C=O) groups excluding carboxylic acids is 2. The van der Waals surface area contributed by atoms with Gasteiger partial charge in [0.1, 0.15) is 11.4 Å². The van der Waals surface area contributed by atoms with Crippen molar-refractivity contribution in [3.8, 4) is 0 Å². The molecule has 0 aliphatic carbocycles. The molecule has 6 heteroatoms. The number of nitrogens with one attached hydrogen (secondary N) is 1. The molecule has 0 unspecified atom stereocenters. The first-order valence-electron chi connectivity index (χ1n) is 8.30. The second-order valence-electron chi connectivity index (χ2n) is 5.91. The number of ketones is 1. The van der Waals surface area contributed by atoms with Crippen molar-refractivity contribution < 1.29 is 9.59 Å². The summed E-state index contributed by atoms with van der Waals surface area (Å²) in [6.07, 6.45) is 1.99. The Hall–Kier alpha value is -2.73. The Morgan fingerprint density at radius 1 is 1.04 bits per heavy atom. The molecule has 132 valence electrons. The largest absolute Gasteiger partial charge is 0.345 e. The van der Waals surface area contributed by atoms with E-state index in [-0.39, 0.29) is 17.4 Å². The number of benzene rings is 2. The minimum absolute atomic E-state index is 0.0558. The van der Waals surface area contributed by atoms with E-state index in [4.69, 9.17) is 0 Å². The standard InChI is InChI=1S/C20H19N3O2S/c1-14(24)18(11-15-7-3-2-4-8-15)23-19(25)12-26-20-16-9-5-6-10-17(16)21-13-22-20/h2-10,13,18H,11-12H2,1H3,(H,23,25)/t18-/m1/s1. The number of para-hydroxylation sites is 1. The van der Waals surface area contributed by atoms with Crippen molar-refractivity contribution in [2.45, 2.75) is 24.4 Å². The van der Waals surface area contributed by atoms with Crippen molar-refractivity contribution in [2.24, 2.45) is 0 Å². The van der Waals surface area contributed by atoms with Crippen LogP contribution < -0.4 is 5.32 Å². The van der Waals surface area contributed by atoms with E-state index in [2.05, 4.69) is 15.3 Å². The Morgan fingerprint density at radius 3 is 2.54 bits per heavy atom. The molecule has 1 aromatic heterocycles. The highest BCUT2D eigenvalue weighted by molar-refractivity contribution is 8.00. The van der Waals surface area contributed by atoms with Crippen LogP contribution in [0.1, 0.15) is 12.5 Å². The topological polar surface area (TPSA) is 72.0 Å². The number of hydrogen-bond acceptors (Lipinski definition) is 5. The summed E-state index contributed by atoms with van der Waals surface area (Å²) in [5.74, 6) is -0.0481. The zero-order chi connectivity index (χ0) is 18.4. The molecular weight excluding hydrogens is 346 g/mol. The summed E-state index contributed by atoms with van der Waals surface area (Å²) in [6, 6.07) is 16.8. The van der Waals surface area contributed by atoms with Crippen LogP contribution in [0, 0.1) is 0 Å². The molecule has 0 saturated carbocycles. The lowest BCUT2D eigenvalue weighted by molar-refractivity contribution is -0.125. The Kier molecular flexibility index (Phi) is 5.96. The quantitative estimate of drug-likeness (QED) is 0.515. The zero-order valence-corrected chi connectivity index (χ0v) is 15.2. The fourth-order valence-corrected chi connectivity index (χ4v) is 3.41. The van der Waals surface area contributed by atoms with Gasteiger partial charge in [-0.3, -0.25) is 9.59 Å². The van der Waals surface area contributed by atoms with Crippen molar-refractivity contribution in [2.75, 3.05) is 5.75 Å². The molecule has 5 nitrogen and oxygen atoms in total. The Balaban J connectivity index is 1.62. The van der Waals surface area contributed by atoms with E-state index in [1.165, 1.54) is 25.0 Å². The lowest BCUT2D eigenvalue weighted by Crippen LogP contribution is -2.42. The molecule has 0 bridgehead atoms. The Labute approximate surface area is 156 Å². The smallest absolute Gasteiger partial charge is 0.231 e. The Bertz CT molecular complexity index is 910.